The van der Waals surface area contributed by atoms with Crippen molar-refractivity contribution in [2.75, 3.05) is 5.32 Å². The Hall–Kier alpha value is -2.63. The quantitative estimate of drug-likeness (QED) is 0.752. The SMILES string of the molecule is O=C(Nc1ccc(F)cc1)c1cc(O)[nH]c(=O)c1. The summed E-state index contributed by atoms with van der Waals surface area (Å²) in [4.78, 5) is 24.9. The van der Waals surface area contributed by atoms with E-state index in [0.29, 0.717) is 5.69 Å². The van der Waals surface area contributed by atoms with Crippen LogP contribution in [0.1, 0.15) is 10.4 Å². The molecule has 1 aromatic heterocycles. The number of aromatic amines is 1. The number of aromatic hydroxyl groups is 1. The fourth-order valence-corrected chi connectivity index (χ4v) is 1.40. The summed E-state index contributed by atoms with van der Waals surface area (Å²) in [7, 11) is 0. The number of halogens is 1. The summed E-state index contributed by atoms with van der Waals surface area (Å²) in [6, 6.07) is 7.36. The van der Waals surface area contributed by atoms with Crippen molar-refractivity contribution in [1.29, 1.82) is 0 Å². The number of amides is 1. The molecule has 0 fully saturated rings. The van der Waals surface area contributed by atoms with Gasteiger partial charge in [0.25, 0.3) is 11.5 Å². The third kappa shape index (κ3) is 2.73. The minimum atomic E-state index is -0.584. The van der Waals surface area contributed by atoms with Gasteiger partial charge in [0.2, 0.25) is 0 Å². The van der Waals surface area contributed by atoms with Gasteiger partial charge in [0.1, 0.15) is 5.82 Å². The van der Waals surface area contributed by atoms with Crippen LogP contribution in [0.2, 0.25) is 0 Å². The number of carbonyl (C=O) groups excluding carboxylic acids is 1. The number of hydrogen-bond donors (Lipinski definition) is 3. The van der Waals surface area contributed by atoms with Gasteiger partial charge in [-0.2, -0.15) is 0 Å². The summed E-state index contributed by atoms with van der Waals surface area (Å²) in [6.45, 7) is 0. The van der Waals surface area contributed by atoms with E-state index in [1.54, 1.807) is 0 Å². The molecule has 1 aromatic carbocycles. The minimum Gasteiger partial charge on any atom is -0.494 e. The Balaban J connectivity index is 2.21. The first-order valence-electron chi connectivity index (χ1n) is 5.05. The lowest BCUT2D eigenvalue weighted by molar-refractivity contribution is 0.102. The van der Waals surface area contributed by atoms with E-state index in [2.05, 4.69) is 10.3 Å². The van der Waals surface area contributed by atoms with E-state index < -0.39 is 23.2 Å². The zero-order valence-electron chi connectivity index (χ0n) is 9.11. The molecule has 0 radical (unpaired) electrons. The van der Waals surface area contributed by atoms with Gasteiger partial charge >= 0.3 is 0 Å². The summed E-state index contributed by atoms with van der Waals surface area (Å²) >= 11 is 0. The molecule has 0 aliphatic heterocycles. The molecule has 18 heavy (non-hydrogen) atoms. The van der Waals surface area contributed by atoms with Gasteiger partial charge in [-0.05, 0) is 24.3 Å². The second-order valence-electron chi connectivity index (χ2n) is 3.58. The number of benzene rings is 1. The Morgan fingerprint density at radius 2 is 1.89 bits per heavy atom. The third-order valence-corrected chi connectivity index (χ3v) is 2.19. The highest BCUT2D eigenvalue weighted by Gasteiger charge is 2.08. The Morgan fingerprint density at radius 3 is 2.50 bits per heavy atom. The minimum absolute atomic E-state index is 0.0144. The van der Waals surface area contributed by atoms with Gasteiger partial charge in [-0.1, -0.05) is 0 Å². The maximum Gasteiger partial charge on any atom is 0.256 e. The largest absolute Gasteiger partial charge is 0.494 e. The predicted octanol–water partition coefficient (Wildman–Crippen LogP) is 1.47. The van der Waals surface area contributed by atoms with E-state index in [9.17, 15) is 14.0 Å². The molecule has 0 aliphatic carbocycles. The van der Waals surface area contributed by atoms with E-state index in [0.717, 1.165) is 12.1 Å². The van der Waals surface area contributed by atoms with Crippen LogP contribution in [0.5, 0.6) is 5.88 Å². The van der Waals surface area contributed by atoms with Gasteiger partial charge in [0.15, 0.2) is 5.88 Å². The number of rotatable bonds is 2. The lowest BCUT2D eigenvalue weighted by Crippen LogP contribution is -2.15. The van der Waals surface area contributed by atoms with Crippen molar-refractivity contribution in [2.24, 2.45) is 0 Å². The smallest absolute Gasteiger partial charge is 0.256 e. The molecule has 0 atom stereocenters. The third-order valence-electron chi connectivity index (χ3n) is 2.19. The van der Waals surface area contributed by atoms with Gasteiger partial charge in [-0.3, -0.25) is 14.6 Å². The van der Waals surface area contributed by atoms with Crippen molar-refractivity contribution in [3.8, 4) is 5.88 Å². The monoisotopic (exact) mass is 248 g/mol. The summed E-state index contributed by atoms with van der Waals surface area (Å²) in [5.41, 5.74) is -0.180. The van der Waals surface area contributed by atoms with Crippen LogP contribution in [-0.4, -0.2) is 16.0 Å². The highest BCUT2D eigenvalue weighted by Crippen LogP contribution is 2.11. The molecule has 6 heteroatoms. The Morgan fingerprint density at radius 1 is 1.22 bits per heavy atom. The van der Waals surface area contributed by atoms with Gasteiger partial charge < -0.3 is 10.4 Å². The molecule has 1 heterocycles. The Kier molecular flexibility index (Phi) is 3.09. The number of hydrogen-bond acceptors (Lipinski definition) is 3. The van der Waals surface area contributed by atoms with Crippen molar-refractivity contribution >= 4 is 11.6 Å². The molecule has 0 unspecified atom stereocenters. The van der Waals surface area contributed by atoms with E-state index in [1.165, 1.54) is 24.3 Å². The first-order valence-corrected chi connectivity index (χ1v) is 5.05. The normalized spacial score (nSPS) is 10.1. The molecule has 1 amide bonds. The van der Waals surface area contributed by atoms with Gasteiger partial charge in [-0.25, -0.2) is 4.39 Å². The number of aromatic nitrogens is 1. The molecule has 0 aliphatic rings. The van der Waals surface area contributed by atoms with Crippen molar-refractivity contribution in [2.45, 2.75) is 0 Å². The van der Waals surface area contributed by atoms with Crippen molar-refractivity contribution in [3.63, 3.8) is 0 Å². The summed E-state index contributed by atoms with van der Waals surface area (Å²) in [5.74, 6) is -1.38. The fourth-order valence-electron chi connectivity index (χ4n) is 1.40. The summed E-state index contributed by atoms with van der Waals surface area (Å²) in [5, 5.41) is 11.6. The van der Waals surface area contributed by atoms with Crippen LogP contribution in [0.15, 0.2) is 41.2 Å². The first kappa shape index (κ1) is 11.8. The predicted molar refractivity (Wildman–Crippen MR) is 63.1 cm³/mol. The van der Waals surface area contributed by atoms with Crippen molar-refractivity contribution in [3.05, 3.63) is 58.1 Å². The highest BCUT2D eigenvalue weighted by molar-refractivity contribution is 6.04. The second-order valence-corrected chi connectivity index (χ2v) is 3.58. The zero-order valence-corrected chi connectivity index (χ0v) is 9.11. The molecule has 0 saturated heterocycles. The molecule has 2 rings (SSSR count). The van der Waals surface area contributed by atoms with E-state index in [1.807, 2.05) is 0 Å². The van der Waals surface area contributed by atoms with Crippen LogP contribution in [-0.2, 0) is 0 Å². The molecular weight excluding hydrogens is 239 g/mol. The number of nitrogens with one attached hydrogen (secondary N) is 2. The molecule has 3 N–H and O–H groups in total. The molecule has 0 saturated carbocycles. The van der Waals surface area contributed by atoms with Crippen LogP contribution in [0.3, 0.4) is 0 Å². The van der Waals surface area contributed by atoms with Crippen LogP contribution in [0.4, 0.5) is 10.1 Å². The molecule has 0 spiro atoms. The van der Waals surface area contributed by atoms with Gasteiger partial charge in [-0.15, -0.1) is 0 Å². The first-order chi connectivity index (χ1) is 8.54. The van der Waals surface area contributed by atoms with Crippen LogP contribution < -0.4 is 10.9 Å². The molecule has 5 nitrogen and oxygen atoms in total. The van der Waals surface area contributed by atoms with Crippen LogP contribution >= 0.6 is 0 Å². The van der Waals surface area contributed by atoms with Crippen molar-refractivity contribution < 1.29 is 14.3 Å². The van der Waals surface area contributed by atoms with Gasteiger partial charge in [0, 0.05) is 17.8 Å². The summed E-state index contributed by atoms with van der Waals surface area (Å²) < 4.78 is 12.7. The molecule has 92 valence electrons. The lowest BCUT2D eigenvalue weighted by Gasteiger charge is -2.05. The number of pyridine rings is 1. The summed E-state index contributed by atoms with van der Waals surface area (Å²) in [6.07, 6.45) is 0. The molecule has 0 bridgehead atoms. The van der Waals surface area contributed by atoms with E-state index in [4.69, 9.17) is 5.11 Å². The fraction of sp³-hybridized carbons (Fsp3) is 0. The van der Waals surface area contributed by atoms with E-state index in [-0.39, 0.29) is 5.56 Å². The average Bonchev–Trinajstić information content (AvgIpc) is 2.31. The topological polar surface area (TPSA) is 82.2 Å². The second kappa shape index (κ2) is 4.70. The Labute approximate surface area is 101 Å². The van der Waals surface area contributed by atoms with E-state index >= 15 is 0 Å². The van der Waals surface area contributed by atoms with Gasteiger partial charge in [0.05, 0.1) is 5.56 Å². The highest BCUT2D eigenvalue weighted by atomic mass is 19.1. The number of anilines is 1. The standard InChI is InChI=1S/C12H9FN2O3/c13-8-1-3-9(4-2-8)14-12(18)7-5-10(16)15-11(17)6-7/h1-6H,(H,14,18)(H2,15,16,17). The number of carbonyl (C=O) groups is 1. The Bertz CT molecular complexity index is 635. The zero-order chi connectivity index (χ0) is 13.1. The lowest BCUT2D eigenvalue weighted by atomic mass is 10.2. The van der Waals surface area contributed by atoms with Crippen molar-refractivity contribution in [1.82, 2.24) is 4.98 Å². The van der Waals surface area contributed by atoms with Crippen LogP contribution in [0, 0.1) is 5.82 Å². The van der Waals surface area contributed by atoms with Crippen LogP contribution in [0.25, 0.3) is 0 Å². The molecular formula is C12H9FN2O3. The maximum absolute atomic E-state index is 12.7. The maximum atomic E-state index is 12.7. The molecule has 2 aromatic rings. The average molecular weight is 248 g/mol. The number of H-pyrrole nitrogens is 1.